The van der Waals surface area contributed by atoms with Gasteiger partial charge in [0, 0.05) is 26.4 Å². The van der Waals surface area contributed by atoms with Crippen LogP contribution in [-0.2, 0) is 11.2 Å². The standard InChI is InChI=1S/C14H22N2O2/c1-16(11-12-6-8-15-9-7-12)14(17)5-4-13-3-2-10-18-13/h2-3,10,12,15H,4-9,11H2,1H3. The molecule has 0 bridgehead atoms. The van der Waals surface area contributed by atoms with Gasteiger partial charge in [0.25, 0.3) is 0 Å². The summed E-state index contributed by atoms with van der Waals surface area (Å²) in [6.45, 7) is 3.05. The second kappa shape index (κ2) is 6.59. The zero-order valence-corrected chi connectivity index (χ0v) is 11.0. The number of nitrogens with one attached hydrogen (secondary N) is 1. The average molecular weight is 250 g/mol. The van der Waals surface area contributed by atoms with Crippen molar-refractivity contribution in [3.05, 3.63) is 24.2 Å². The van der Waals surface area contributed by atoms with Gasteiger partial charge >= 0.3 is 0 Å². The molecule has 4 heteroatoms. The molecule has 18 heavy (non-hydrogen) atoms. The first kappa shape index (κ1) is 13.1. The molecule has 0 spiro atoms. The lowest BCUT2D eigenvalue weighted by Crippen LogP contribution is -2.37. The lowest BCUT2D eigenvalue weighted by Gasteiger charge is -2.27. The van der Waals surface area contributed by atoms with E-state index in [-0.39, 0.29) is 5.91 Å². The number of hydrogen-bond acceptors (Lipinski definition) is 3. The fraction of sp³-hybridized carbons (Fsp3) is 0.643. The maximum absolute atomic E-state index is 12.0. The normalized spacial score (nSPS) is 16.7. The quantitative estimate of drug-likeness (QED) is 0.864. The molecule has 4 nitrogen and oxygen atoms in total. The van der Waals surface area contributed by atoms with Crippen molar-refractivity contribution in [3.63, 3.8) is 0 Å². The molecule has 100 valence electrons. The summed E-state index contributed by atoms with van der Waals surface area (Å²) in [6, 6.07) is 3.78. The van der Waals surface area contributed by atoms with E-state index in [1.807, 2.05) is 24.1 Å². The van der Waals surface area contributed by atoms with Gasteiger partial charge in [0.15, 0.2) is 0 Å². The van der Waals surface area contributed by atoms with Crippen LogP contribution in [0.15, 0.2) is 22.8 Å². The molecule has 0 unspecified atom stereocenters. The lowest BCUT2D eigenvalue weighted by atomic mass is 9.97. The molecule has 1 aromatic rings. The van der Waals surface area contributed by atoms with Gasteiger partial charge < -0.3 is 14.6 Å². The number of piperidine rings is 1. The molecule has 1 aliphatic heterocycles. The van der Waals surface area contributed by atoms with E-state index >= 15 is 0 Å². The Labute approximate surface area is 108 Å². The van der Waals surface area contributed by atoms with Crippen molar-refractivity contribution in [2.75, 3.05) is 26.7 Å². The number of carbonyl (C=O) groups excluding carboxylic acids is 1. The SMILES string of the molecule is CN(CC1CCNCC1)C(=O)CCc1ccco1. The molecule has 0 radical (unpaired) electrons. The minimum absolute atomic E-state index is 0.213. The van der Waals surface area contributed by atoms with Gasteiger partial charge in [-0.15, -0.1) is 0 Å². The Morgan fingerprint density at radius 3 is 2.94 bits per heavy atom. The summed E-state index contributed by atoms with van der Waals surface area (Å²) >= 11 is 0. The van der Waals surface area contributed by atoms with Gasteiger partial charge in [0.2, 0.25) is 5.91 Å². The minimum Gasteiger partial charge on any atom is -0.469 e. The van der Waals surface area contributed by atoms with Gasteiger partial charge in [-0.3, -0.25) is 4.79 Å². The molecule has 2 heterocycles. The Bertz CT molecular complexity index is 356. The van der Waals surface area contributed by atoms with E-state index in [4.69, 9.17) is 4.42 Å². The van der Waals surface area contributed by atoms with Crippen molar-refractivity contribution in [3.8, 4) is 0 Å². The van der Waals surface area contributed by atoms with Crippen molar-refractivity contribution in [1.29, 1.82) is 0 Å². The van der Waals surface area contributed by atoms with Gasteiger partial charge in [-0.05, 0) is 44.0 Å². The number of rotatable bonds is 5. The first-order valence-corrected chi connectivity index (χ1v) is 6.73. The summed E-state index contributed by atoms with van der Waals surface area (Å²) in [5, 5.41) is 3.35. The van der Waals surface area contributed by atoms with Crippen molar-refractivity contribution in [1.82, 2.24) is 10.2 Å². The van der Waals surface area contributed by atoms with Crippen LogP contribution >= 0.6 is 0 Å². The summed E-state index contributed by atoms with van der Waals surface area (Å²) in [7, 11) is 1.91. The topological polar surface area (TPSA) is 45.5 Å². The van der Waals surface area contributed by atoms with Crippen LogP contribution in [0.1, 0.15) is 25.0 Å². The highest BCUT2D eigenvalue weighted by molar-refractivity contribution is 5.76. The van der Waals surface area contributed by atoms with Crippen LogP contribution in [0, 0.1) is 5.92 Å². The van der Waals surface area contributed by atoms with Crippen molar-refractivity contribution in [2.45, 2.75) is 25.7 Å². The predicted octanol–water partition coefficient (Wildman–Crippen LogP) is 1.67. The van der Waals surface area contributed by atoms with E-state index in [1.54, 1.807) is 6.26 Å². The predicted molar refractivity (Wildman–Crippen MR) is 70.3 cm³/mol. The number of hydrogen-bond donors (Lipinski definition) is 1. The summed E-state index contributed by atoms with van der Waals surface area (Å²) in [5.41, 5.74) is 0. The van der Waals surface area contributed by atoms with Crippen LogP contribution in [0.5, 0.6) is 0 Å². The lowest BCUT2D eigenvalue weighted by molar-refractivity contribution is -0.130. The van der Waals surface area contributed by atoms with E-state index in [2.05, 4.69) is 5.32 Å². The molecular weight excluding hydrogens is 228 g/mol. The Morgan fingerprint density at radius 2 is 2.28 bits per heavy atom. The second-order valence-electron chi connectivity index (χ2n) is 5.05. The Morgan fingerprint density at radius 1 is 1.50 bits per heavy atom. The first-order valence-electron chi connectivity index (χ1n) is 6.73. The maximum atomic E-state index is 12.0. The Balaban J connectivity index is 1.70. The van der Waals surface area contributed by atoms with Gasteiger partial charge in [0.1, 0.15) is 5.76 Å². The fourth-order valence-corrected chi connectivity index (χ4v) is 2.43. The van der Waals surface area contributed by atoms with Crippen LogP contribution in [0.2, 0.25) is 0 Å². The van der Waals surface area contributed by atoms with E-state index in [0.717, 1.165) is 25.4 Å². The van der Waals surface area contributed by atoms with E-state index in [9.17, 15) is 4.79 Å². The molecule has 1 fully saturated rings. The fourth-order valence-electron chi connectivity index (χ4n) is 2.43. The van der Waals surface area contributed by atoms with Gasteiger partial charge in [-0.25, -0.2) is 0 Å². The molecule has 1 aliphatic rings. The van der Waals surface area contributed by atoms with Crippen molar-refractivity contribution in [2.24, 2.45) is 5.92 Å². The highest BCUT2D eigenvalue weighted by Crippen LogP contribution is 2.13. The van der Waals surface area contributed by atoms with Crippen LogP contribution in [-0.4, -0.2) is 37.5 Å². The van der Waals surface area contributed by atoms with Crippen molar-refractivity contribution < 1.29 is 9.21 Å². The molecule has 1 aromatic heterocycles. The average Bonchev–Trinajstić information content (AvgIpc) is 2.90. The highest BCUT2D eigenvalue weighted by Gasteiger charge is 2.17. The number of aryl methyl sites for hydroxylation is 1. The molecule has 1 amide bonds. The maximum Gasteiger partial charge on any atom is 0.222 e. The third-order valence-corrected chi connectivity index (χ3v) is 3.58. The van der Waals surface area contributed by atoms with Gasteiger partial charge in [-0.2, -0.15) is 0 Å². The van der Waals surface area contributed by atoms with E-state index in [0.29, 0.717) is 18.8 Å². The van der Waals surface area contributed by atoms with Crippen LogP contribution in [0.3, 0.4) is 0 Å². The van der Waals surface area contributed by atoms with Gasteiger partial charge in [-0.1, -0.05) is 0 Å². The first-order chi connectivity index (χ1) is 8.75. The van der Waals surface area contributed by atoms with Crippen LogP contribution < -0.4 is 5.32 Å². The minimum atomic E-state index is 0.213. The molecule has 0 saturated carbocycles. The summed E-state index contributed by atoms with van der Waals surface area (Å²) in [4.78, 5) is 13.9. The molecular formula is C14H22N2O2. The van der Waals surface area contributed by atoms with Crippen LogP contribution in [0.4, 0.5) is 0 Å². The summed E-state index contributed by atoms with van der Waals surface area (Å²) < 4.78 is 5.23. The largest absolute Gasteiger partial charge is 0.469 e. The Kier molecular flexibility index (Phi) is 4.81. The third-order valence-electron chi connectivity index (χ3n) is 3.58. The molecule has 0 aromatic carbocycles. The monoisotopic (exact) mass is 250 g/mol. The molecule has 0 aliphatic carbocycles. The second-order valence-corrected chi connectivity index (χ2v) is 5.05. The number of furan rings is 1. The third kappa shape index (κ3) is 3.88. The zero-order valence-electron chi connectivity index (χ0n) is 11.0. The summed E-state index contributed by atoms with van der Waals surface area (Å²) in [6.07, 6.45) is 5.24. The molecule has 1 N–H and O–H groups in total. The van der Waals surface area contributed by atoms with Gasteiger partial charge in [0.05, 0.1) is 6.26 Å². The zero-order chi connectivity index (χ0) is 12.8. The molecule has 0 atom stereocenters. The van der Waals surface area contributed by atoms with Crippen molar-refractivity contribution >= 4 is 5.91 Å². The summed E-state index contributed by atoms with van der Waals surface area (Å²) in [5.74, 6) is 1.76. The van der Waals surface area contributed by atoms with E-state index in [1.165, 1.54) is 12.8 Å². The molecule has 1 saturated heterocycles. The Hall–Kier alpha value is -1.29. The van der Waals surface area contributed by atoms with E-state index < -0.39 is 0 Å². The highest BCUT2D eigenvalue weighted by atomic mass is 16.3. The number of amides is 1. The van der Waals surface area contributed by atoms with Crippen LogP contribution in [0.25, 0.3) is 0 Å². The smallest absolute Gasteiger partial charge is 0.222 e. The number of carbonyl (C=O) groups is 1. The number of nitrogens with zero attached hydrogens (tertiary/aromatic N) is 1. The molecule has 2 rings (SSSR count).